The minimum Gasteiger partial charge on any atom is -0.325 e. The molecule has 0 radical (unpaired) electrons. The summed E-state index contributed by atoms with van der Waals surface area (Å²) in [5.74, 6) is -0.210. The lowest BCUT2D eigenvalue weighted by atomic mass is 10.1. The van der Waals surface area contributed by atoms with Crippen molar-refractivity contribution in [3.05, 3.63) is 58.6 Å². The molecular formula is C18H21ClN2O3S. The van der Waals surface area contributed by atoms with Crippen molar-refractivity contribution in [1.82, 2.24) is 4.72 Å². The van der Waals surface area contributed by atoms with E-state index in [9.17, 15) is 13.2 Å². The van der Waals surface area contributed by atoms with Crippen LogP contribution in [-0.4, -0.2) is 20.9 Å². The van der Waals surface area contributed by atoms with Gasteiger partial charge in [-0.1, -0.05) is 29.8 Å². The van der Waals surface area contributed by atoms with Crippen LogP contribution in [0.15, 0.2) is 47.4 Å². The fraction of sp³-hybridized carbons (Fsp3) is 0.278. The third-order valence-electron chi connectivity index (χ3n) is 3.81. The van der Waals surface area contributed by atoms with Crippen molar-refractivity contribution >= 4 is 33.2 Å². The molecule has 0 aromatic heterocycles. The summed E-state index contributed by atoms with van der Waals surface area (Å²) in [7, 11) is -3.57. The third-order valence-corrected chi connectivity index (χ3v) is 5.60. The fourth-order valence-corrected chi connectivity index (χ4v) is 3.54. The maximum atomic E-state index is 12.2. The first-order valence-corrected chi connectivity index (χ1v) is 9.77. The third kappa shape index (κ3) is 5.56. The SMILES string of the molecule is Cc1ccc(S(=O)(=O)NCCCC(=O)Nc2ccccc2Cl)cc1C. The van der Waals surface area contributed by atoms with E-state index in [2.05, 4.69) is 10.0 Å². The molecule has 0 atom stereocenters. The highest BCUT2D eigenvalue weighted by Crippen LogP contribution is 2.20. The summed E-state index contributed by atoms with van der Waals surface area (Å²) in [6.45, 7) is 3.98. The molecule has 0 unspecified atom stereocenters. The summed E-state index contributed by atoms with van der Waals surface area (Å²) >= 11 is 5.97. The first-order valence-electron chi connectivity index (χ1n) is 7.91. The van der Waals surface area contributed by atoms with Crippen LogP contribution in [0.4, 0.5) is 5.69 Å². The van der Waals surface area contributed by atoms with Gasteiger partial charge in [0.25, 0.3) is 0 Å². The lowest BCUT2D eigenvalue weighted by molar-refractivity contribution is -0.116. The Balaban J connectivity index is 1.83. The highest BCUT2D eigenvalue weighted by atomic mass is 35.5. The number of amides is 1. The summed E-state index contributed by atoms with van der Waals surface area (Å²) in [6, 6.07) is 12.0. The number of nitrogens with one attached hydrogen (secondary N) is 2. The van der Waals surface area contributed by atoms with Gasteiger partial charge in [-0.25, -0.2) is 13.1 Å². The van der Waals surface area contributed by atoms with Crippen LogP contribution in [0.3, 0.4) is 0 Å². The van der Waals surface area contributed by atoms with E-state index >= 15 is 0 Å². The number of benzene rings is 2. The van der Waals surface area contributed by atoms with Crippen molar-refractivity contribution in [3.63, 3.8) is 0 Å². The summed E-state index contributed by atoms with van der Waals surface area (Å²) in [4.78, 5) is 12.1. The van der Waals surface area contributed by atoms with Crippen LogP contribution in [0.2, 0.25) is 5.02 Å². The Hall–Kier alpha value is -1.89. The second kappa shape index (κ2) is 8.47. The summed E-state index contributed by atoms with van der Waals surface area (Å²) in [5, 5.41) is 3.17. The van der Waals surface area contributed by atoms with Gasteiger partial charge in [0.05, 0.1) is 15.6 Å². The molecule has 2 aromatic carbocycles. The molecule has 5 nitrogen and oxygen atoms in total. The molecule has 0 aliphatic heterocycles. The minimum atomic E-state index is -3.57. The van der Waals surface area contributed by atoms with Gasteiger partial charge in [-0.05, 0) is 55.7 Å². The second-order valence-corrected chi connectivity index (χ2v) is 7.95. The van der Waals surface area contributed by atoms with Gasteiger partial charge in [0, 0.05) is 13.0 Å². The molecule has 134 valence electrons. The zero-order valence-electron chi connectivity index (χ0n) is 14.2. The number of halogens is 1. The van der Waals surface area contributed by atoms with E-state index in [1.54, 1.807) is 42.5 Å². The predicted molar refractivity (Wildman–Crippen MR) is 100 cm³/mol. The van der Waals surface area contributed by atoms with Crippen molar-refractivity contribution in [2.24, 2.45) is 0 Å². The Morgan fingerprint density at radius 1 is 1.08 bits per heavy atom. The summed E-state index contributed by atoms with van der Waals surface area (Å²) in [6.07, 6.45) is 0.584. The number of para-hydroxylation sites is 1. The molecule has 1 amide bonds. The molecule has 0 saturated carbocycles. The van der Waals surface area contributed by atoms with E-state index in [0.29, 0.717) is 17.1 Å². The van der Waals surface area contributed by atoms with Crippen LogP contribution in [0.1, 0.15) is 24.0 Å². The van der Waals surface area contributed by atoms with Gasteiger partial charge in [-0.3, -0.25) is 4.79 Å². The highest BCUT2D eigenvalue weighted by Gasteiger charge is 2.14. The van der Waals surface area contributed by atoms with Crippen molar-refractivity contribution in [2.45, 2.75) is 31.6 Å². The van der Waals surface area contributed by atoms with E-state index in [0.717, 1.165) is 11.1 Å². The molecule has 0 saturated heterocycles. The van der Waals surface area contributed by atoms with Gasteiger partial charge in [-0.2, -0.15) is 0 Å². The van der Waals surface area contributed by atoms with Crippen LogP contribution >= 0.6 is 11.6 Å². The molecule has 2 aromatic rings. The maximum absolute atomic E-state index is 12.2. The van der Waals surface area contributed by atoms with Gasteiger partial charge < -0.3 is 5.32 Å². The number of aryl methyl sites for hydroxylation is 2. The topological polar surface area (TPSA) is 75.3 Å². The van der Waals surface area contributed by atoms with Crippen LogP contribution in [0.25, 0.3) is 0 Å². The van der Waals surface area contributed by atoms with Crippen LogP contribution in [-0.2, 0) is 14.8 Å². The Morgan fingerprint density at radius 2 is 1.80 bits per heavy atom. The lowest BCUT2D eigenvalue weighted by Gasteiger charge is -2.09. The first-order chi connectivity index (χ1) is 11.8. The van der Waals surface area contributed by atoms with E-state index < -0.39 is 10.0 Å². The van der Waals surface area contributed by atoms with Crippen molar-refractivity contribution in [3.8, 4) is 0 Å². The van der Waals surface area contributed by atoms with E-state index in [1.165, 1.54) is 0 Å². The molecular weight excluding hydrogens is 360 g/mol. The zero-order valence-corrected chi connectivity index (χ0v) is 15.7. The first kappa shape index (κ1) is 19.4. The van der Waals surface area contributed by atoms with E-state index in [4.69, 9.17) is 11.6 Å². The Labute approximate surface area is 153 Å². The number of rotatable bonds is 7. The Kier molecular flexibility index (Phi) is 6.58. The molecule has 0 spiro atoms. The monoisotopic (exact) mass is 380 g/mol. The normalized spacial score (nSPS) is 11.3. The van der Waals surface area contributed by atoms with Gasteiger partial charge >= 0.3 is 0 Å². The van der Waals surface area contributed by atoms with Crippen molar-refractivity contribution in [1.29, 1.82) is 0 Å². The molecule has 0 aliphatic rings. The molecule has 0 fully saturated rings. The molecule has 2 rings (SSSR count). The Bertz CT molecular complexity index is 866. The van der Waals surface area contributed by atoms with Crippen molar-refractivity contribution in [2.75, 3.05) is 11.9 Å². The molecule has 0 heterocycles. The van der Waals surface area contributed by atoms with Crippen molar-refractivity contribution < 1.29 is 13.2 Å². The standard InChI is InChI=1S/C18H21ClN2O3S/c1-13-9-10-15(12-14(13)2)25(23,24)20-11-5-8-18(22)21-17-7-4-3-6-16(17)19/h3-4,6-7,9-10,12,20H,5,8,11H2,1-2H3,(H,21,22). The van der Waals surface area contributed by atoms with Gasteiger partial charge in [0.1, 0.15) is 0 Å². The highest BCUT2D eigenvalue weighted by molar-refractivity contribution is 7.89. The van der Waals surface area contributed by atoms with Crippen LogP contribution < -0.4 is 10.0 Å². The van der Waals surface area contributed by atoms with E-state index in [-0.39, 0.29) is 23.8 Å². The molecule has 25 heavy (non-hydrogen) atoms. The minimum absolute atomic E-state index is 0.186. The number of carbonyl (C=O) groups is 1. The maximum Gasteiger partial charge on any atom is 0.240 e. The molecule has 0 aliphatic carbocycles. The molecule has 0 bridgehead atoms. The smallest absolute Gasteiger partial charge is 0.240 e. The summed E-state index contributed by atoms with van der Waals surface area (Å²) in [5.41, 5.74) is 2.50. The number of carbonyl (C=O) groups excluding carboxylic acids is 1. The van der Waals surface area contributed by atoms with Crippen LogP contribution in [0.5, 0.6) is 0 Å². The Morgan fingerprint density at radius 3 is 2.48 bits per heavy atom. The largest absolute Gasteiger partial charge is 0.325 e. The number of hydrogen-bond acceptors (Lipinski definition) is 3. The van der Waals surface area contributed by atoms with Crippen LogP contribution in [0, 0.1) is 13.8 Å². The van der Waals surface area contributed by atoms with Gasteiger partial charge in [0.15, 0.2) is 0 Å². The lowest BCUT2D eigenvalue weighted by Crippen LogP contribution is -2.26. The molecule has 2 N–H and O–H groups in total. The van der Waals surface area contributed by atoms with Gasteiger partial charge in [-0.15, -0.1) is 0 Å². The van der Waals surface area contributed by atoms with Gasteiger partial charge in [0.2, 0.25) is 15.9 Å². The average Bonchev–Trinajstić information content (AvgIpc) is 2.56. The quantitative estimate of drug-likeness (QED) is 0.720. The average molecular weight is 381 g/mol. The number of sulfonamides is 1. The summed E-state index contributed by atoms with van der Waals surface area (Å²) < 4.78 is 27.0. The number of hydrogen-bond donors (Lipinski definition) is 2. The second-order valence-electron chi connectivity index (χ2n) is 5.78. The fourth-order valence-electron chi connectivity index (χ4n) is 2.20. The zero-order chi connectivity index (χ0) is 18.4. The van der Waals surface area contributed by atoms with E-state index in [1.807, 2.05) is 13.8 Å². The predicted octanol–water partition coefficient (Wildman–Crippen LogP) is 3.65. The number of anilines is 1. The molecule has 7 heteroatoms.